The fraction of sp³-hybridized carbons (Fsp3) is 0.696. The van der Waals surface area contributed by atoms with Crippen LogP contribution >= 0.6 is 0 Å². The second-order valence-corrected chi connectivity index (χ2v) is 8.43. The van der Waals surface area contributed by atoms with Gasteiger partial charge in [0.2, 0.25) is 5.91 Å². The Bertz CT molecular complexity index is 695. The first-order chi connectivity index (χ1) is 14.0. The lowest BCUT2D eigenvalue weighted by Gasteiger charge is -2.52. The zero-order valence-electron chi connectivity index (χ0n) is 18.1. The molecule has 3 unspecified atom stereocenters. The van der Waals surface area contributed by atoms with Crippen LogP contribution in [0.3, 0.4) is 0 Å². The Balaban J connectivity index is 1.90. The van der Waals surface area contributed by atoms with Crippen molar-refractivity contribution in [3.05, 3.63) is 23.8 Å². The first-order valence-corrected chi connectivity index (χ1v) is 11.0. The molecule has 162 valence electrons. The lowest BCUT2D eigenvalue weighted by atomic mass is 9.66. The van der Waals surface area contributed by atoms with Gasteiger partial charge in [0.1, 0.15) is 11.5 Å². The predicted octanol–water partition coefficient (Wildman–Crippen LogP) is 3.29. The summed E-state index contributed by atoms with van der Waals surface area (Å²) in [5.74, 6) is 1.64. The number of methoxy groups -OCH3 is 2. The molecule has 2 N–H and O–H groups in total. The third-order valence-electron chi connectivity index (χ3n) is 6.63. The number of benzene rings is 1. The molecule has 0 radical (unpaired) electrons. The van der Waals surface area contributed by atoms with Crippen molar-refractivity contribution in [2.24, 2.45) is 5.92 Å². The molecule has 3 rings (SSSR count). The van der Waals surface area contributed by atoms with Crippen LogP contribution in [0.4, 0.5) is 0 Å². The van der Waals surface area contributed by atoms with Gasteiger partial charge in [-0.2, -0.15) is 0 Å². The number of likely N-dealkylation sites (tertiary alicyclic amines) is 1. The molecule has 6 heteroatoms. The van der Waals surface area contributed by atoms with Crippen LogP contribution in [-0.4, -0.2) is 55.4 Å². The van der Waals surface area contributed by atoms with Crippen molar-refractivity contribution in [3.63, 3.8) is 0 Å². The minimum atomic E-state index is -0.664. The number of rotatable bonds is 8. The van der Waals surface area contributed by atoms with Gasteiger partial charge in [-0.15, -0.1) is 0 Å². The Morgan fingerprint density at radius 2 is 2.10 bits per heavy atom. The van der Waals surface area contributed by atoms with E-state index in [1.165, 1.54) is 0 Å². The number of ether oxygens (including phenoxy) is 2. The monoisotopic (exact) mass is 404 g/mol. The Morgan fingerprint density at radius 1 is 1.28 bits per heavy atom. The van der Waals surface area contributed by atoms with Crippen LogP contribution in [0.5, 0.6) is 11.5 Å². The van der Waals surface area contributed by atoms with Gasteiger partial charge in [-0.25, -0.2) is 0 Å². The molecule has 1 aromatic rings. The molecular weight excluding hydrogens is 368 g/mol. The van der Waals surface area contributed by atoms with Gasteiger partial charge in [0.05, 0.1) is 26.4 Å². The smallest absolute Gasteiger partial charge is 0.234 e. The average Bonchev–Trinajstić information content (AvgIpc) is 2.73. The van der Waals surface area contributed by atoms with Gasteiger partial charge >= 0.3 is 0 Å². The standard InChI is InChI=1S/C23H36N2O4/c1-4-5-13-24-21(26)16-25-14-12-23(27)11-7-6-8-19(23)22(25)18-10-9-17(28-2)15-20(18)29-3/h9-10,15,19,22,27H,4-8,11-14,16H2,1-3H3,(H,24,26). The normalized spacial score (nSPS) is 27.2. The molecular formula is C23H36N2O4. The first-order valence-electron chi connectivity index (χ1n) is 11.0. The summed E-state index contributed by atoms with van der Waals surface area (Å²) in [6.45, 7) is 3.88. The summed E-state index contributed by atoms with van der Waals surface area (Å²) >= 11 is 0. The maximum Gasteiger partial charge on any atom is 0.234 e. The third kappa shape index (κ3) is 4.86. The Kier molecular flexibility index (Phi) is 7.41. The van der Waals surface area contributed by atoms with Crippen molar-refractivity contribution in [1.82, 2.24) is 10.2 Å². The molecule has 1 saturated heterocycles. The summed E-state index contributed by atoms with van der Waals surface area (Å²) in [5.41, 5.74) is 0.364. The van der Waals surface area contributed by atoms with Crippen LogP contribution in [0.15, 0.2) is 18.2 Å². The second-order valence-electron chi connectivity index (χ2n) is 8.43. The Hall–Kier alpha value is -1.79. The lowest BCUT2D eigenvalue weighted by Crippen LogP contribution is -2.56. The number of fused-ring (bicyclic) bond motifs is 1. The molecule has 29 heavy (non-hydrogen) atoms. The Morgan fingerprint density at radius 3 is 2.83 bits per heavy atom. The van der Waals surface area contributed by atoms with Crippen molar-refractivity contribution in [2.75, 3.05) is 33.9 Å². The van der Waals surface area contributed by atoms with E-state index in [-0.39, 0.29) is 17.9 Å². The topological polar surface area (TPSA) is 71.0 Å². The summed E-state index contributed by atoms with van der Waals surface area (Å²) < 4.78 is 11.1. The molecule has 0 bridgehead atoms. The highest BCUT2D eigenvalue weighted by Gasteiger charge is 2.49. The lowest BCUT2D eigenvalue weighted by molar-refractivity contribution is -0.138. The second kappa shape index (κ2) is 9.81. The highest BCUT2D eigenvalue weighted by Crippen LogP contribution is 2.51. The molecule has 1 aromatic carbocycles. The molecule has 3 atom stereocenters. The van der Waals surface area contributed by atoms with Crippen LogP contribution < -0.4 is 14.8 Å². The van der Waals surface area contributed by atoms with E-state index in [4.69, 9.17) is 9.47 Å². The number of hydrogen-bond donors (Lipinski definition) is 2. The van der Waals surface area contributed by atoms with Gasteiger partial charge in [-0.1, -0.05) is 32.3 Å². The van der Waals surface area contributed by atoms with Gasteiger partial charge in [0.15, 0.2) is 0 Å². The van der Waals surface area contributed by atoms with E-state index in [0.29, 0.717) is 19.6 Å². The van der Waals surface area contributed by atoms with Crippen LogP contribution in [0.2, 0.25) is 0 Å². The number of aliphatic hydroxyl groups is 1. The third-order valence-corrected chi connectivity index (χ3v) is 6.63. The summed E-state index contributed by atoms with van der Waals surface area (Å²) in [6, 6.07) is 5.82. The molecule has 2 aliphatic rings. The highest BCUT2D eigenvalue weighted by molar-refractivity contribution is 5.78. The number of unbranched alkanes of at least 4 members (excludes halogenated alkanes) is 1. The van der Waals surface area contributed by atoms with Crippen LogP contribution in [-0.2, 0) is 4.79 Å². The number of carbonyl (C=O) groups excluding carboxylic acids is 1. The van der Waals surface area contributed by atoms with E-state index in [1.54, 1.807) is 14.2 Å². The van der Waals surface area contributed by atoms with Gasteiger partial charge in [0.25, 0.3) is 0 Å². The largest absolute Gasteiger partial charge is 0.497 e. The number of carbonyl (C=O) groups is 1. The number of nitrogens with one attached hydrogen (secondary N) is 1. The number of piperidine rings is 1. The number of nitrogens with zero attached hydrogens (tertiary/aromatic N) is 1. The van der Waals surface area contributed by atoms with Gasteiger partial charge in [-0.3, -0.25) is 9.69 Å². The SMILES string of the molecule is CCCCNC(=O)CN1CCC2(O)CCCCC2C1c1ccc(OC)cc1OC. The summed E-state index contributed by atoms with van der Waals surface area (Å²) in [7, 11) is 3.30. The molecule has 2 fully saturated rings. The summed E-state index contributed by atoms with van der Waals surface area (Å²) in [5, 5.41) is 14.5. The molecule has 0 spiro atoms. The van der Waals surface area contributed by atoms with E-state index in [1.807, 2.05) is 18.2 Å². The van der Waals surface area contributed by atoms with Gasteiger partial charge in [0, 0.05) is 36.7 Å². The van der Waals surface area contributed by atoms with Gasteiger partial charge < -0.3 is 19.9 Å². The summed E-state index contributed by atoms with van der Waals surface area (Å²) in [6.07, 6.45) is 6.74. The molecule has 0 aromatic heterocycles. The van der Waals surface area contributed by atoms with E-state index < -0.39 is 5.60 Å². The molecule has 1 aliphatic carbocycles. The fourth-order valence-electron chi connectivity index (χ4n) is 5.04. The van der Waals surface area contributed by atoms with Gasteiger partial charge in [-0.05, 0) is 31.7 Å². The average molecular weight is 405 g/mol. The van der Waals surface area contributed by atoms with E-state index in [2.05, 4.69) is 17.1 Å². The van der Waals surface area contributed by atoms with E-state index in [0.717, 1.165) is 62.0 Å². The van der Waals surface area contributed by atoms with Crippen molar-refractivity contribution in [1.29, 1.82) is 0 Å². The highest BCUT2D eigenvalue weighted by atomic mass is 16.5. The van der Waals surface area contributed by atoms with Crippen molar-refractivity contribution >= 4 is 5.91 Å². The molecule has 6 nitrogen and oxygen atoms in total. The number of amides is 1. The number of hydrogen-bond acceptors (Lipinski definition) is 5. The molecule has 1 heterocycles. The molecule has 1 aliphatic heterocycles. The minimum absolute atomic E-state index is 0.0492. The quantitative estimate of drug-likeness (QED) is 0.651. The maximum atomic E-state index is 12.6. The van der Waals surface area contributed by atoms with Crippen molar-refractivity contribution in [3.8, 4) is 11.5 Å². The Labute approximate surface area is 174 Å². The van der Waals surface area contributed by atoms with Crippen LogP contribution in [0.25, 0.3) is 0 Å². The zero-order valence-corrected chi connectivity index (χ0v) is 18.1. The molecule has 1 saturated carbocycles. The molecule has 1 amide bonds. The first kappa shape index (κ1) is 21.9. The van der Waals surface area contributed by atoms with Crippen LogP contribution in [0.1, 0.15) is 63.5 Å². The van der Waals surface area contributed by atoms with Crippen molar-refractivity contribution in [2.45, 2.75) is 63.5 Å². The van der Waals surface area contributed by atoms with Crippen molar-refractivity contribution < 1.29 is 19.4 Å². The maximum absolute atomic E-state index is 12.6. The zero-order chi connectivity index (χ0) is 20.9. The summed E-state index contributed by atoms with van der Waals surface area (Å²) in [4.78, 5) is 14.8. The predicted molar refractivity (Wildman–Crippen MR) is 113 cm³/mol. The van der Waals surface area contributed by atoms with Crippen LogP contribution in [0, 0.1) is 5.92 Å². The fourth-order valence-corrected chi connectivity index (χ4v) is 5.04. The minimum Gasteiger partial charge on any atom is -0.497 e. The van der Waals surface area contributed by atoms with E-state index in [9.17, 15) is 9.90 Å². The van der Waals surface area contributed by atoms with E-state index >= 15 is 0 Å².